The van der Waals surface area contributed by atoms with Gasteiger partial charge in [0.1, 0.15) is 5.75 Å². The zero-order valence-electron chi connectivity index (χ0n) is 16.3. The summed E-state index contributed by atoms with van der Waals surface area (Å²) in [4.78, 5) is 6.79. The summed E-state index contributed by atoms with van der Waals surface area (Å²) in [6.45, 7) is 10.7. The quantitative estimate of drug-likeness (QED) is 0.242. The Bertz CT molecular complexity index is 475. The molecule has 0 saturated heterocycles. The van der Waals surface area contributed by atoms with Crippen molar-refractivity contribution in [1.82, 2.24) is 15.5 Å². The molecule has 0 aliphatic carbocycles. The molecule has 0 radical (unpaired) electrons. The molecule has 6 heteroatoms. The van der Waals surface area contributed by atoms with Gasteiger partial charge in [-0.3, -0.25) is 0 Å². The first-order valence-electron chi connectivity index (χ1n) is 8.90. The van der Waals surface area contributed by atoms with E-state index in [1.807, 2.05) is 12.1 Å². The first-order chi connectivity index (χ1) is 11.5. The van der Waals surface area contributed by atoms with Crippen molar-refractivity contribution in [2.45, 2.75) is 33.7 Å². The molecule has 144 valence electrons. The number of aliphatic imine (C=N–C) groups is 1. The zero-order valence-corrected chi connectivity index (χ0v) is 18.7. The van der Waals surface area contributed by atoms with Crippen LogP contribution in [-0.4, -0.2) is 51.2 Å². The highest BCUT2D eigenvalue weighted by Crippen LogP contribution is 2.13. The predicted molar refractivity (Wildman–Crippen MR) is 118 cm³/mol. The van der Waals surface area contributed by atoms with E-state index in [-0.39, 0.29) is 24.0 Å². The van der Waals surface area contributed by atoms with E-state index in [0.717, 1.165) is 44.4 Å². The predicted octanol–water partition coefficient (Wildman–Crippen LogP) is 3.35. The molecule has 0 atom stereocenters. The Morgan fingerprint density at radius 2 is 1.84 bits per heavy atom. The van der Waals surface area contributed by atoms with Crippen molar-refractivity contribution in [1.29, 1.82) is 0 Å². The molecule has 0 heterocycles. The van der Waals surface area contributed by atoms with Crippen LogP contribution in [0.4, 0.5) is 0 Å². The van der Waals surface area contributed by atoms with Crippen molar-refractivity contribution in [3.05, 3.63) is 29.8 Å². The van der Waals surface area contributed by atoms with Gasteiger partial charge < -0.3 is 20.3 Å². The normalized spacial score (nSPS) is 11.4. The van der Waals surface area contributed by atoms with Gasteiger partial charge in [-0.2, -0.15) is 0 Å². The van der Waals surface area contributed by atoms with Crippen molar-refractivity contribution >= 4 is 29.9 Å². The highest BCUT2D eigenvalue weighted by molar-refractivity contribution is 14.0. The molecular weight excluding hydrogens is 427 g/mol. The van der Waals surface area contributed by atoms with E-state index in [4.69, 9.17) is 4.74 Å². The van der Waals surface area contributed by atoms with Crippen LogP contribution in [0.3, 0.4) is 0 Å². The van der Waals surface area contributed by atoms with Crippen LogP contribution in [0.2, 0.25) is 0 Å². The fraction of sp³-hybridized carbons (Fsp3) is 0.632. The minimum absolute atomic E-state index is 0. The Hall–Kier alpha value is -1.02. The van der Waals surface area contributed by atoms with Gasteiger partial charge in [0.25, 0.3) is 0 Å². The van der Waals surface area contributed by atoms with Crippen LogP contribution in [0.1, 0.15) is 32.8 Å². The maximum absolute atomic E-state index is 5.75. The Morgan fingerprint density at radius 3 is 2.40 bits per heavy atom. The van der Waals surface area contributed by atoms with Crippen molar-refractivity contribution in [2.24, 2.45) is 10.9 Å². The molecule has 1 aromatic rings. The summed E-state index contributed by atoms with van der Waals surface area (Å²) in [5.41, 5.74) is 1.18. The SMILES string of the molecule is CCNC(=NCc1ccc(OCCCN(C)C)cc1)NCC(C)C.I. The van der Waals surface area contributed by atoms with Crippen molar-refractivity contribution in [3.8, 4) is 5.75 Å². The highest BCUT2D eigenvalue weighted by Gasteiger charge is 2.00. The molecule has 0 amide bonds. The summed E-state index contributed by atoms with van der Waals surface area (Å²) in [6.07, 6.45) is 1.03. The summed E-state index contributed by atoms with van der Waals surface area (Å²) in [5.74, 6) is 2.39. The maximum atomic E-state index is 5.75. The number of nitrogens with one attached hydrogen (secondary N) is 2. The lowest BCUT2D eigenvalue weighted by atomic mass is 10.2. The number of ether oxygens (including phenoxy) is 1. The van der Waals surface area contributed by atoms with Gasteiger partial charge in [0.2, 0.25) is 0 Å². The molecule has 0 aromatic heterocycles. The second-order valence-corrected chi connectivity index (χ2v) is 6.62. The van der Waals surface area contributed by atoms with Crippen molar-refractivity contribution < 1.29 is 4.74 Å². The van der Waals surface area contributed by atoms with Gasteiger partial charge in [-0.1, -0.05) is 26.0 Å². The molecule has 0 saturated carbocycles. The van der Waals surface area contributed by atoms with Gasteiger partial charge >= 0.3 is 0 Å². The second-order valence-electron chi connectivity index (χ2n) is 6.62. The monoisotopic (exact) mass is 462 g/mol. The first kappa shape index (κ1) is 24.0. The minimum Gasteiger partial charge on any atom is -0.494 e. The van der Waals surface area contributed by atoms with E-state index >= 15 is 0 Å². The number of nitrogens with zero attached hydrogens (tertiary/aromatic N) is 2. The third-order valence-electron chi connectivity index (χ3n) is 3.38. The number of hydrogen-bond acceptors (Lipinski definition) is 3. The van der Waals surface area contributed by atoms with Crippen LogP contribution in [0.15, 0.2) is 29.3 Å². The molecule has 0 fully saturated rings. The standard InChI is InChI=1S/C19H34N4O.HI/c1-6-20-19(21-14-16(2)3)22-15-17-8-10-18(11-9-17)24-13-7-12-23(4)5;/h8-11,16H,6-7,12-15H2,1-5H3,(H2,20,21,22);1H. The maximum Gasteiger partial charge on any atom is 0.191 e. The fourth-order valence-electron chi connectivity index (χ4n) is 2.07. The van der Waals surface area contributed by atoms with E-state index in [2.05, 4.69) is 67.5 Å². The number of hydrogen-bond donors (Lipinski definition) is 2. The van der Waals surface area contributed by atoms with Gasteiger partial charge in [0, 0.05) is 19.6 Å². The number of halogens is 1. The molecule has 0 bridgehead atoms. The van der Waals surface area contributed by atoms with Crippen LogP contribution in [0.25, 0.3) is 0 Å². The lowest BCUT2D eigenvalue weighted by molar-refractivity contribution is 0.281. The van der Waals surface area contributed by atoms with Gasteiger partial charge in [-0.15, -0.1) is 24.0 Å². The van der Waals surface area contributed by atoms with Crippen LogP contribution >= 0.6 is 24.0 Å². The average molecular weight is 462 g/mol. The van der Waals surface area contributed by atoms with E-state index < -0.39 is 0 Å². The Morgan fingerprint density at radius 1 is 1.16 bits per heavy atom. The van der Waals surface area contributed by atoms with E-state index in [9.17, 15) is 0 Å². The largest absolute Gasteiger partial charge is 0.494 e. The molecule has 25 heavy (non-hydrogen) atoms. The smallest absolute Gasteiger partial charge is 0.191 e. The molecule has 0 aliphatic rings. The first-order valence-corrected chi connectivity index (χ1v) is 8.90. The van der Waals surface area contributed by atoms with Gasteiger partial charge in [0.15, 0.2) is 5.96 Å². The topological polar surface area (TPSA) is 48.9 Å². The van der Waals surface area contributed by atoms with E-state index in [0.29, 0.717) is 12.5 Å². The summed E-state index contributed by atoms with van der Waals surface area (Å²) in [5, 5.41) is 6.63. The number of guanidine groups is 1. The van der Waals surface area contributed by atoms with Crippen LogP contribution < -0.4 is 15.4 Å². The molecular formula is C19H35IN4O. The molecule has 0 spiro atoms. The molecule has 5 nitrogen and oxygen atoms in total. The number of benzene rings is 1. The summed E-state index contributed by atoms with van der Waals surface area (Å²) in [6, 6.07) is 8.21. The molecule has 0 unspecified atom stereocenters. The Kier molecular flexibility index (Phi) is 13.6. The second kappa shape index (κ2) is 14.2. The highest BCUT2D eigenvalue weighted by atomic mass is 127. The van der Waals surface area contributed by atoms with Gasteiger partial charge in [-0.25, -0.2) is 4.99 Å². The van der Waals surface area contributed by atoms with Crippen molar-refractivity contribution in [3.63, 3.8) is 0 Å². The number of rotatable bonds is 10. The molecule has 1 aromatic carbocycles. The van der Waals surface area contributed by atoms with Gasteiger partial charge in [-0.05, 0) is 51.1 Å². The zero-order chi connectivity index (χ0) is 17.8. The van der Waals surface area contributed by atoms with Crippen LogP contribution in [0, 0.1) is 5.92 Å². The van der Waals surface area contributed by atoms with E-state index in [1.54, 1.807) is 0 Å². The molecule has 0 aliphatic heterocycles. The molecule has 1 rings (SSSR count). The van der Waals surface area contributed by atoms with Crippen LogP contribution in [-0.2, 0) is 6.54 Å². The van der Waals surface area contributed by atoms with E-state index in [1.165, 1.54) is 5.56 Å². The van der Waals surface area contributed by atoms with Gasteiger partial charge in [0.05, 0.1) is 13.2 Å². The molecule has 2 N–H and O–H groups in total. The Balaban J connectivity index is 0.00000576. The summed E-state index contributed by atoms with van der Waals surface area (Å²) < 4.78 is 5.75. The third kappa shape index (κ3) is 12.0. The van der Waals surface area contributed by atoms with Crippen LogP contribution in [0.5, 0.6) is 5.75 Å². The van der Waals surface area contributed by atoms with Crippen molar-refractivity contribution in [2.75, 3.05) is 40.3 Å². The summed E-state index contributed by atoms with van der Waals surface area (Å²) >= 11 is 0. The lowest BCUT2D eigenvalue weighted by Gasteiger charge is -2.13. The fourth-order valence-corrected chi connectivity index (χ4v) is 2.07. The Labute approximate surface area is 170 Å². The lowest BCUT2D eigenvalue weighted by Crippen LogP contribution is -2.39. The summed E-state index contributed by atoms with van der Waals surface area (Å²) in [7, 11) is 4.15. The average Bonchev–Trinajstić information content (AvgIpc) is 2.55. The third-order valence-corrected chi connectivity index (χ3v) is 3.38. The minimum atomic E-state index is 0.